The van der Waals surface area contributed by atoms with E-state index in [4.69, 9.17) is 9.97 Å². The van der Waals surface area contributed by atoms with E-state index in [-0.39, 0.29) is 23.1 Å². The molecule has 1 unspecified atom stereocenters. The van der Waals surface area contributed by atoms with Gasteiger partial charge in [-0.25, -0.2) is 9.97 Å². The quantitative estimate of drug-likeness (QED) is 0.738. The van der Waals surface area contributed by atoms with Crippen molar-refractivity contribution in [2.45, 2.75) is 69.6 Å². The van der Waals surface area contributed by atoms with Crippen LogP contribution in [0.25, 0.3) is 0 Å². The number of aryl methyl sites for hydroxylation is 1. The van der Waals surface area contributed by atoms with Gasteiger partial charge in [-0.3, -0.25) is 14.5 Å². The van der Waals surface area contributed by atoms with Gasteiger partial charge in [0.15, 0.2) is 0 Å². The van der Waals surface area contributed by atoms with Crippen LogP contribution in [-0.2, 0) is 21.4 Å². The molecule has 1 saturated carbocycles. The molecule has 1 aliphatic carbocycles. The molecule has 1 aromatic heterocycles. The Bertz CT molecular complexity index is 1030. The van der Waals surface area contributed by atoms with E-state index >= 15 is 0 Å². The summed E-state index contributed by atoms with van der Waals surface area (Å²) in [5, 5.41) is 0. The van der Waals surface area contributed by atoms with E-state index in [2.05, 4.69) is 17.0 Å². The number of likely N-dealkylation sites (tertiary alicyclic amines) is 1. The second-order valence-electron chi connectivity index (χ2n) is 9.67. The third-order valence-corrected chi connectivity index (χ3v) is 7.76. The van der Waals surface area contributed by atoms with Crippen LogP contribution in [0.1, 0.15) is 73.5 Å². The summed E-state index contributed by atoms with van der Waals surface area (Å²) < 4.78 is 0. The van der Waals surface area contributed by atoms with Gasteiger partial charge in [-0.15, -0.1) is 0 Å². The molecule has 2 aromatic rings. The largest absolute Gasteiger partial charge is 0.341 e. The molecule has 6 heteroatoms. The van der Waals surface area contributed by atoms with Gasteiger partial charge in [0.2, 0.25) is 11.8 Å². The summed E-state index contributed by atoms with van der Waals surface area (Å²) in [6.07, 6.45) is 7.21. The minimum Gasteiger partial charge on any atom is -0.341 e. The monoisotopic (exact) mass is 432 g/mol. The first-order valence-electron chi connectivity index (χ1n) is 12.0. The summed E-state index contributed by atoms with van der Waals surface area (Å²) in [7, 11) is 1.80. The van der Waals surface area contributed by atoms with Crippen LogP contribution in [0.3, 0.4) is 0 Å². The highest BCUT2D eigenvalue weighted by molar-refractivity contribution is 5.94. The number of piperidine rings is 1. The van der Waals surface area contributed by atoms with E-state index in [0.717, 1.165) is 73.5 Å². The Balaban J connectivity index is 1.42. The summed E-state index contributed by atoms with van der Waals surface area (Å²) in [6, 6.07) is 10.3. The van der Waals surface area contributed by atoms with Gasteiger partial charge in [0, 0.05) is 43.7 Å². The molecule has 3 aliphatic rings. The highest BCUT2D eigenvalue weighted by Crippen LogP contribution is 2.43. The second kappa shape index (κ2) is 8.30. The van der Waals surface area contributed by atoms with E-state index in [1.807, 2.05) is 25.1 Å². The normalized spacial score (nSPS) is 22.7. The van der Waals surface area contributed by atoms with Gasteiger partial charge >= 0.3 is 0 Å². The van der Waals surface area contributed by atoms with E-state index in [0.29, 0.717) is 19.4 Å². The van der Waals surface area contributed by atoms with Gasteiger partial charge in [-0.05, 0) is 44.6 Å². The SMILES string of the molecule is Cc1nc(C2CCCN(C(=O)C3(c4ccccc4)CCCC3)C2)nc2c1CCC(=O)N2C. The van der Waals surface area contributed by atoms with Gasteiger partial charge in [0.1, 0.15) is 11.6 Å². The van der Waals surface area contributed by atoms with Crippen molar-refractivity contribution in [3.8, 4) is 0 Å². The lowest BCUT2D eigenvalue weighted by Gasteiger charge is -2.39. The smallest absolute Gasteiger partial charge is 0.233 e. The molecule has 1 aromatic carbocycles. The first-order valence-corrected chi connectivity index (χ1v) is 12.0. The standard InChI is InChI=1S/C26H32N4O2/c1-18-21-12-13-22(31)29(2)24(21)28-23(27-18)19-9-8-16-30(17-19)25(32)26(14-6-7-15-26)20-10-4-3-5-11-20/h3-5,10-11,19H,6-9,12-17H2,1-2H3. The van der Waals surface area contributed by atoms with Gasteiger partial charge in [-0.2, -0.15) is 0 Å². The number of hydrogen-bond acceptors (Lipinski definition) is 4. The number of anilines is 1. The van der Waals surface area contributed by atoms with Crippen LogP contribution in [0.15, 0.2) is 30.3 Å². The van der Waals surface area contributed by atoms with E-state index in [1.165, 1.54) is 0 Å². The average molecular weight is 433 g/mol. The topological polar surface area (TPSA) is 66.4 Å². The number of hydrogen-bond donors (Lipinski definition) is 0. The van der Waals surface area contributed by atoms with Crippen molar-refractivity contribution in [2.75, 3.05) is 25.0 Å². The van der Waals surface area contributed by atoms with Gasteiger partial charge in [0.25, 0.3) is 0 Å². The fourth-order valence-electron chi connectivity index (χ4n) is 5.91. The van der Waals surface area contributed by atoms with Crippen molar-refractivity contribution in [2.24, 2.45) is 0 Å². The molecule has 0 radical (unpaired) electrons. The summed E-state index contributed by atoms with van der Waals surface area (Å²) in [6.45, 7) is 3.47. The summed E-state index contributed by atoms with van der Waals surface area (Å²) in [5.74, 6) is 2.02. The van der Waals surface area contributed by atoms with Crippen LogP contribution >= 0.6 is 0 Å². The Morgan fingerprint density at radius 1 is 1.06 bits per heavy atom. The fraction of sp³-hybridized carbons (Fsp3) is 0.538. The zero-order chi connectivity index (χ0) is 22.3. The van der Waals surface area contributed by atoms with Crippen molar-refractivity contribution in [1.82, 2.24) is 14.9 Å². The first kappa shape index (κ1) is 21.1. The van der Waals surface area contributed by atoms with Crippen LogP contribution in [0.2, 0.25) is 0 Å². The van der Waals surface area contributed by atoms with Crippen molar-refractivity contribution in [3.05, 3.63) is 53.0 Å². The Morgan fingerprint density at radius 2 is 1.81 bits per heavy atom. The number of carbonyl (C=O) groups is 2. The average Bonchev–Trinajstić information content (AvgIpc) is 3.33. The second-order valence-corrected chi connectivity index (χ2v) is 9.67. The van der Waals surface area contributed by atoms with Crippen LogP contribution in [0, 0.1) is 6.92 Å². The number of aromatic nitrogens is 2. The lowest BCUT2D eigenvalue weighted by atomic mass is 9.77. The lowest BCUT2D eigenvalue weighted by Crippen LogP contribution is -2.49. The maximum atomic E-state index is 13.9. The number of carbonyl (C=O) groups excluding carboxylic acids is 2. The Hall–Kier alpha value is -2.76. The number of rotatable bonds is 3. The molecule has 0 spiro atoms. The maximum Gasteiger partial charge on any atom is 0.233 e. The van der Waals surface area contributed by atoms with E-state index in [9.17, 15) is 9.59 Å². The zero-order valence-corrected chi connectivity index (χ0v) is 19.1. The molecule has 1 atom stereocenters. The van der Waals surface area contributed by atoms with Crippen molar-refractivity contribution in [1.29, 1.82) is 0 Å². The highest BCUT2D eigenvalue weighted by Gasteiger charge is 2.46. The van der Waals surface area contributed by atoms with Crippen molar-refractivity contribution in [3.63, 3.8) is 0 Å². The third-order valence-electron chi connectivity index (χ3n) is 7.76. The maximum absolute atomic E-state index is 13.9. The molecule has 168 valence electrons. The van der Waals surface area contributed by atoms with Gasteiger partial charge < -0.3 is 4.90 Å². The highest BCUT2D eigenvalue weighted by atomic mass is 16.2. The number of nitrogens with zero attached hydrogens (tertiary/aromatic N) is 4. The van der Waals surface area contributed by atoms with Crippen LogP contribution in [0.5, 0.6) is 0 Å². The van der Waals surface area contributed by atoms with Crippen LogP contribution in [0.4, 0.5) is 5.82 Å². The molecule has 5 rings (SSSR count). The van der Waals surface area contributed by atoms with Gasteiger partial charge in [-0.1, -0.05) is 43.2 Å². The molecule has 3 heterocycles. The van der Waals surface area contributed by atoms with Crippen molar-refractivity contribution >= 4 is 17.6 Å². The fourth-order valence-corrected chi connectivity index (χ4v) is 5.91. The predicted octanol–water partition coefficient (Wildman–Crippen LogP) is 3.91. The number of amides is 2. The molecular formula is C26H32N4O2. The summed E-state index contributed by atoms with van der Waals surface area (Å²) in [5.41, 5.74) is 2.81. The van der Waals surface area contributed by atoms with Crippen LogP contribution < -0.4 is 4.90 Å². The molecule has 0 bridgehead atoms. The minimum absolute atomic E-state index is 0.105. The molecule has 6 nitrogen and oxygen atoms in total. The first-order chi connectivity index (χ1) is 15.5. The third kappa shape index (κ3) is 3.50. The van der Waals surface area contributed by atoms with Crippen molar-refractivity contribution < 1.29 is 9.59 Å². The Morgan fingerprint density at radius 3 is 2.56 bits per heavy atom. The Labute approximate surface area is 190 Å². The zero-order valence-electron chi connectivity index (χ0n) is 19.1. The summed E-state index contributed by atoms with van der Waals surface area (Å²) in [4.78, 5) is 39.6. The van der Waals surface area contributed by atoms with E-state index in [1.54, 1.807) is 11.9 Å². The Kier molecular flexibility index (Phi) is 5.48. The minimum atomic E-state index is -0.386. The molecule has 2 amide bonds. The van der Waals surface area contributed by atoms with Gasteiger partial charge in [0.05, 0.1) is 5.41 Å². The molecule has 1 saturated heterocycles. The molecule has 0 N–H and O–H groups in total. The van der Waals surface area contributed by atoms with E-state index < -0.39 is 0 Å². The molecule has 2 aliphatic heterocycles. The predicted molar refractivity (Wildman–Crippen MR) is 124 cm³/mol. The molecule has 2 fully saturated rings. The number of fused-ring (bicyclic) bond motifs is 1. The molecular weight excluding hydrogens is 400 g/mol. The lowest BCUT2D eigenvalue weighted by molar-refractivity contribution is -0.138. The van der Waals surface area contributed by atoms with Crippen LogP contribution in [-0.4, -0.2) is 46.8 Å². The number of benzene rings is 1. The molecule has 32 heavy (non-hydrogen) atoms. The summed E-state index contributed by atoms with van der Waals surface area (Å²) >= 11 is 0.